The summed E-state index contributed by atoms with van der Waals surface area (Å²) in [5, 5.41) is 9.21. The number of likely N-dealkylation sites (N-methyl/N-ethyl adjacent to an activating group) is 1. The lowest BCUT2D eigenvalue weighted by molar-refractivity contribution is -0.126. The molecule has 1 aromatic rings. The van der Waals surface area contributed by atoms with Crippen LogP contribution in [0.1, 0.15) is 18.4 Å². The van der Waals surface area contributed by atoms with Crippen molar-refractivity contribution >= 4 is 27.9 Å². The van der Waals surface area contributed by atoms with Crippen LogP contribution in [0.25, 0.3) is 6.08 Å². The van der Waals surface area contributed by atoms with Gasteiger partial charge < -0.3 is 10.0 Å². The quantitative estimate of drug-likeness (QED) is 0.855. The molecule has 0 aliphatic heterocycles. The Kier molecular flexibility index (Phi) is 4.94. The number of carbonyl (C=O) groups excluding carboxylic acids is 1. The minimum Gasteiger partial charge on any atom is -0.393 e. The maximum atomic E-state index is 13.5. The molecule has 3 nitrogen and oxygen atoms in total. The molecule has 2 rings (SSSR count). The molecule has 0 bridgehead atoms. The van der Waals surface area contributed by atoms with Gasteiger partial charge in [0.25, 0.3) is 0 Å². The summed E-state index contributed by atoms with van der Waals surface area (Å²) in [5.41, 5.74) is 0.375. The summed E-state index contributed by atoms with van der Waals surface area (Å²) in [6, 6.07) is 4.59. The molecule has 0 heterocycles. The summed E-state index contributed by atoms with van der Waals surface area (Å²) in [4.78, 5) is 13.5. The zero-order valence-electron chi connectivity index (χ0n) is 11.2. The van der Waals surface area contributed by atoms with Crippen LogP contribution >= 0.6 is 15.9 Å². The zero-order valence-corrected chi connectivity index (χ0v) is 12.8. The molecular weight excluding hydrogens is 325 g/mol. The number of aliphatic hydroxyl groups excluding tert-OH is 1. The van der Waals surface area contributed by atoms with Crippen molar-refractivity contribution in [2.24, 2.45) is 5.92 Å². The van der Waals surface area contributed by atoms with E-state index in [1.165, 1.54) is 18.2 Å². The molecule has 5 heteroatoms. The first-order valence-corrected chi connectivity index (χ1v) is 7.31. The van der Waals surface area contributed by atoms with Gasteiger partial charge in [-0.3, -0.25) is 4.79 Å². The van der Waals surface area contributed by atoms with Crippen molar-refractivity contribution in [3.8, 4) is 0 Å². The first kappa shape index (κ1) is 15.2. The number of amides is 1. The normalized spacial score (nSPS) is 21.8. The highest BCUT2D eigenvalue weighted by Gasteiger charge is 2.28. The van der Waals surface area contributed by atoms with E-state index in [1.807, 2.05) is 0 Å². The lowest BCUT2D eigenvalue weighted by atomic mass is 9.82. The average Bonchev–Trinajstić information content (AvgIpc) is 2.37. The molecule has 108 valence electrons. The van der Waals surface area contributed by atoms with Crippen LogP contribution < -0.4 is 0 Å². The fourth-order valence-electron chi connectivity index (χ4n) is 2.26. The molecule has 1 aliphatic carbocycles. The van der Waals surface area contributed by atoms with Crippen molar-refractivity contribution in [1.29, 1.82) is 0 Å². The molecule has 0 radical (unpaired) electrons. The molecule has 0 atom stereocenters. The van der Waals surface area contributed by atoms with Crippen LogP contribution in [-0.2, 0) is 4.79 Å². The van der Waals surface area contributed by atoms with Gasteiger partial charge in [0.1, 0.15) is 5.82 Å². The number of rotatable bonds is 4. The van der Waals surface area contributed by atoms with Crippen LogP contribution in [0.15, 0.2) is 28.7 Å². The first-order chi connectivity index (χ1) is 9.45. The van der Waals surface area contributed by atoms with Crippen molar-refractivity contribution in [1.82, 2.24) is 4.90 Å². The third-order valence-corrected chi connectivity index (χ3v) is 3.98. The van der Waals surface area contributed by atoms with Gasteiger partial charge in [-0.1, -0.05) is 15.9 Å². The minimum absolute atomic E-state index is 0.161. The molecule has 0 aromatic heterocycles. The lowest BCUT2D eigenvalue weighted by Crippen LogP contribution is -2.39. The second kappa shape index (κ2) is 6.50. The predicted molar refractivity (Wildman–Crippen MR) is 79.5 cm³/mol. The molecule has 1 saturated carbocycles. The monoisotopic (exact) mass is 341 g/mol. The van der Waals surface area contributed by atoms with Crippen molar-refractivity contribution in [2.45, 2.75) is 18.9 Å². The van der Waals surface area contributed by atoms with Gasteiger partial charge in [0.2, 0.25) is 5.91 Å². The van der Waals surface area contributed by atoms with E-state index >= 15 is 0 Å². The fraction of sp³-hybridized carbons (Fsp3) is 0.400. The summed E-state index contributed by atoms with van der Waals surface area (Å²) in [7, 11) is 1.72. The highest BCUT2D eigenvalue weighted by molar-refractivity contribution is 9.10. The molecule has 1 N–H and O–H groups in total. The van der Waals surface area contributed by atoms with Gasteiger partial charge in [-0.2, -0.15) is 0 Å². The molecule has 0 unspecified atom stereocenters. The zero-order chi connectivity index (χ0) is 14.7. The second-order valence-corrected chi connectivity index (χ2v) is 6.12. The number of halogens is 2. The van der Waals surface area contributed by atoms with Crippen LogP contribution in [0.3, 0.4) is 0 Å². The topological polar surface area (TPSA) is 40.5 Å². The Labute approximate surface area is 126 Å². The van der Waals surface area contributed by atoms with Gasteiger partial charge >= 0.3 is 0 Å². The van der Waals surface area contributed by atoms with Crippen molar-refractivity contribution in [3.05, 3.63) is 40.1 Å². The van der Waals surface area contributed by atoms with E-state index in [-0.39, 0.29) is 17.8 Å². The first-order valence-electron chi connectivity index (χ1n) is 6.52. The Balaban J connectivity index is 1.92. The van der Waals surface area contributed by atoms with E-state index in [2.05, 4.69) is 15.9 Å². The third-order valence-electron chi connectivity index (χ3n) is 3.48. The number of nitrogens with zero attached hydrogens (tertiary/aromatic N) is 1. The predicted octanol–water partition coefficient (Wildman–Crippen LogP) is 2.83. The Bertz CT molecular complexity index is 527. The minimum atomic E-state index is -0.359. The van der Waals surface area contributed by atoms with E-state index in [0.29, 0.717) is 18.0 Å². The summed E-state index contributed by atoms with van der Waals surface area (Å²) < 4.78 is 14.3. The summed E-state index contributed by atoms with van der Waals surface area (Å²) >= 11 is 3.27. The maximum absolute atomic E-state index is 13.5. The van der Waals surface area contributed by atoms with Gasteiger partial charge in [0, 0.05) is 29.7 Å². The fourth-order valence-corrected chi connectivity index (χ4v) is 2.64. The van der Waals surface area contributed by atoms with Crippen LogP contribution in [0.2, 0.25) is 0 Å². The van der Waals surface area contributed by atoms with Crippen LogP contribution in [-0.4, -0.2) is 35.6 Å². The second-order valence-electron chi connectivity index (χ2n) is 5.21. The molecule has 0 spiro atoms. The van der Waals surface area contributed by atoms with Gasteiger partial charge in [0.15, 0.2) is 0 Å². The Morgan fingerprint density at radius 1 is 1.55 bits per heavy atom. The van der Waals surface area contributed by atoms with E-state index in [0.717, 1.165) is 17.3 Å². The smallest absolute Gasteiger partial charge is 0.246 e. The highest BCUT2D eigenvalue weighted by atomic mass is 79.9. The molecular formula is C15H17BrFNO2. The van der Waals surface area contributed by atoms with Crippen LogP contribution in [0.5, 0.6) is 0 Å². The average molecular weight is 342 g/mol. The van der Waals surface area contributed by atoms with Crippen molar-refractivity contribution in [3.63, 3.8) is 0 Å². The van der Waals surface area contributed by atoms with E-state index < -0.39 is 0 Å². The van der Waals surface area contributed by atoms with Crippen molar-refractivity contribution < 1.29 is 14.3 Å². The van der Waals surface area contributed by atoms with E-state index in [9.17, 15) is 14.3 Å². The lowest BCUT2D eigenvalue weighted by Gasteiger charge is -2.34. The van der Waals surface area contributed by atoms with E-state index in [1.54, 1.807) is 24.1 Å². The summed E-state index contributed by atoms with van der Waals surface area (Å²) in [5.74, 6) is -0.150. The van der Waals surface area contributed by atoms with Gasteiger partial charge in [-0.05, 0) is 43.0 Å². The molecule has 1 aromatic carbocycles. The Hall–Kier alpha value is -1.20. The van der Waals surface area contributed by atoms with Gasteiger partial charge in [-0.25, -0.2) is 4.39 Å². The van der Waals surface area contributed by atoms with Crippen LogP contribution in [0, 0.1) is 11.7 Å². The largest absolute Gasteiger partial charge is 0.393 e. The number of hydrogen-bond acceptors (Lipinski definition) is 2. The number of aliphatic hydroxyl groups is 1. The van der Waals surface area contributed by atoms with Crippen molar-refractivity contribution in [2.75, 3.05) is 13.6 Å². The van der Waals surface area contributed by atoms with E-state index in [4.69, 9.17) is 0 Å². The number of carbonyl (C=O) groups is 1. The SMILES string of the molecule is CN(CC1CC(O)C1)C(=O)C=Cc1cc(Br)ccc1F. The molecule has 1 amide bonds. The Morgan fingerprint density at radius 3 is 2.90 bits per heavy atom. The Morgan fingerprint density at radius 2 is 2.25 bits per heavy atom. The molecule has 1 aliphatic rings. The van der Waals surface area contributed by atoms with Gasteiger partial charge in [0.05, 0.1) is 6.10 Å². The maximum Gasteiger partial charge on any atom is 0.246 e. The summed E-state index contributed by atoms with van der Waals surface area (Å²) in [6.45, 7) is 0.626. The number of hydrogen-bond donors (Lipinski definition) is 1. The highest BCUT2D eigenvalue weighted by Crippen LogP contribution is 2.27. The molecule has 20 heavy (non-hydrogen) atoms. The standard InChI is InChI=1S/C15H17BrFNO2/c1-18(9-10-6-13(19)7-10)15(20)5-2-11-8-12(16)3-4-14(11)17/h2-5,8,10,13,19H,6-7,9H2,1H3. The molecule has 1 fully saturated rings. The van der Waals surface area contributed by atoms with Crippen LogP contribution in [0.4, 0.5) is 4.39 Å². The summed E-state index contributed by atoms with van der Waals surface area (Å²) in [6.07, 6.45) is 4.15. The number of benzene rings is 1. The van der Waals surface area contributed by atoms with Gasteiger partial charge in [-0.15, -0.1) is 0 Å². The third kappa shape index (κ3) is 3.90. The molecule has 0 saturated heterocycles.